The van der Waals surface area contributed by atoms with E-state index in [0.29, 0.717) is 5.16 Å². The van der Waals surface area contributed by atoms with Crippen LogP contribution in [0.2, 0.25) is 0 Å². The summed E-state index contributed by atoms with van der Waals surface area (Å²) in [4.78, 5) is 16.5. The summed E-state index contributed by atoms with van der Waals surface area (Å²) in [6.45, 7) is 5.84. The molecule has 27 heavy (non-hydrogen) atoms. The van der Waals surface area contributed by atoms with E-state index in [2.05, 4.69) is 20.5 Å². The number of ketones is 1. The Labute approximate surface area is 161 Å². The third-order valence-electron chi connectivity index (χ3n) is 4.58. The number of H-pyrrole nitrogens is 1. The molecule has 0 radical (unpaired) electrons. The van der Waals surface area contributed by atoms with E-state index in [1.54, 1.807) is 4.68 Å². The Kier molecular flexibility index (Phi) is 4.53. The fraction of sp³-hybridized carbons (Fsp3) is 0.200. The number of nitrogens with zero attached hydrogens (tertiary/aromatic N) is 4. The molecule has 0 saturated heterocycles. The van der Waals surface area contributed by atoms with Gasteiger partial charge in [-0.1, -0.05) is 48.2 Å². The number of tetrazole rings is 1. The minimum atomic E-state index is -0.323. The first-order valence-corrected chi connectivity index (χ1v) is 9.57. The largest absolute Gasteiger partial charge is 0.358 e. The number of aryl methyl sites for hydroxylation is 2. The van der Waals surface area contributed by atoms with E-state index in [4.69, 9.17) is 0 Å². The molecule has 0 aliphatic heterocycles. The number of hydrogen-bond acceptors (Lipinski definition) is 5. The van der Waals surface area contributed by atoms with Crippen molar-refractivity contribution < 1.29 is 4.79 Å². The Bertz CT molecular complexity index is 1130. The summed E-state index contributed by atoms with van der Waals surface area (Å²) in [6.07, 6.45) is 0. The van der Waals surface area contributed by atoms with Gasteiger partial charge in [-0.15, -0.1) is 5.10 Å². The number of nitrogens with one attached hydrogen (secondary N) is 1. The SMILES string of the molecule is Cc1ccccc1-n1nnnc1S[C@H](C)C(=O)c1c(C)[nH]c2ccccc12. The molecule has 136 valence electrons. The van der Waals surface area contributed by atoms with Crippen molar-refractivity contribution in [2.45, 2.75) is 31.2 Å². The number of aromatic nitrogens is 5. The first-order valence-electron chi connectivity index (χ1n) is 8.69. The Morgan fingerprint density at radius 2 is 1.85 bits per heavy atom. The molecule has 7 heteroatoms. The lowest BCUT2D eigenvalue weighted by atomic mass is 10.1. The number of Topliss-reactive ketones (excluding diaryl/α,β-unsaturated/α-hetero) is 1. The third-order valence-corrected chi connectivity index (χ3v) is 5.61. The second kappa shape index (κ2) is 7.00. The zero-order valence-electron chi connectivity index (χ0n) is 15.3. The maximum atomic E-state index is 13.2. The molecule has 4 rings (SSSR count). The zero-order valence-corrected chi connectivity index (χ0v) is 16.1. The normalized spacial score (nSPS) is 12.4. The number of thioether (sulfide) groups is 1. The number of carbonyl (C=O) groups excluding carboxylic acids is 1. The molecule has 0 bridgehead atoms. The van der Waals surface area contributed by atoms with Gasteiger partial charge in [-0.3, -0.25) is 4.79 Å². The Morgan fingerprint density at radius 1 is 1.11 bits per heavy atom. The Hall–Kier alpha value is -2.93. The van der Waals surface area contributed by atoms with Crippen LogP contribution in [-0.4, -0.2) is 36.2 Å². The summed E-state index contributed by atoms with van der Waals surface area (Å²) in [5, 5.41) is 13.3. The predicted octanol–water partition coefficient (Wildman–Crippen LogP) is 4.12. The van der Waals surface area contributed by atoms with Crippen LogP contribution >= 0.6 is 11.8 Å². The summed E-state index contributed by atoms with van der Waals surface area (Å²) >= 11 is 1.37. The van der Waals surface area contributed by atoms with E-state index in [1.807, 2.05) is 69.3 Å². The van der Waals surface area contributed by atoms with Crippen molar-refractivity contribution in [3.63, 3.8) is 0 Å². The molecule has 0 aliphatic carbocycles. The van der Waals surface area contributed by atoms with Crippen molar-refractivity contribution >= 4 is 28.4 Å². The molecule has 1 atom stereocenters. The van der Waals surface area contributed by atoms with Gasteiger partial charge in [0.2, 0.25) is 5.16 Å². The first kappa shape index (κ1) is 17.5. The zero-order chi connectivity index (χ0) is 19.0. The molecule has 0 saturated carbocycles. The van der Waals surface area contributed by atoms with Gasteiger partial charge in [-0.2, -0.15) is 4.68 Å². The minimum Gasteiger partial charge on any atom is -0.358 e. The van der Waals surface area contributed by atoms with Crippen LogP contribution in [0.1, 0.15) is 28.5 Å². The average molecular weight is 377 g/mol. The van der Waals surface area contributed by atoms with E-state index in [-0.39, 0.29) is 11.0 Å². The lowest BCUT2D eigenvalue weighted by molar-refractivity contribution is 0.0995. The quantitative estimate of drug-likeness (QED) is 0.418. The van der Waals surface area contributed by atoms with Gasteiger partial charge < -0.3 is 4.98 Å². The summed E-state index contributed by atoms with van der Waals surface area (Å²) in [6, 6.07) is 15.8. The second-order valence-electron chi connectivity index (χ2n) is 6.45. The minimum absolute atomic E-state index is 0.0642. The number of benzene rings is 2. The molecule has 0 fully saturated rings. The molecule has 0 spiro atoms. The molecular formula is C20H19N5OS. The summed E-state index contributed by atoms with van der Waals surface area (Å²) < 4.78 is 1.69. The number of rotatable bonds is 5. The highest BCUT2D eigenvalue weighted by atomic mass is 32.2. The van der Waals surface area contributed by atoms with Gasteiger partial charge in [0.25, 0.3) is 0 Å². The van der Waals surface area contributed by atoms with Crippen molar-refractivity contribution in [1.82, 2.24) is 25.2 Å². The number of fused-ring (bicyclic) bond motifs is 1. The van der Waals surface area contributed by atoms with Gasteiger partial charge in [0.15, 0.2) is 5.78 Å². The Morgan fingerprint density at radius 3 is 2.67 bits per heavy atom. The van der Waals surface area contributed by atoms with Gasteiger partial charge >= 0.3 is 0 Å². The number of aromatic amines is 1. The van der Waals surface area contributed by atoms with Crippen molar-refractivity contribution in [3.8, 4) is 5.69 Å². The molecule has 1 N–H and O–H groups in total. The van der Waals surface area contributed by atoms with Gasteiger partial charge in [0.05, 0.1) is 10.9 Å². The monoisotopic (exact) mass is 377 g/mol. The molecule has 4 aromatic rings. The second-order valence-corrected chi connectivity index (χ2v) is 7.76. The molecule has 2 aromatic carbocycles. The number of para-hydroxylation sites is 2. The van der Waals surface area contributed by atoms with Crippen molar-refractivity contribution in [2.75, 3.05) is 0 Å². The molecule has 0 unspecified atom stereocenters. The average Bonchev–Trinajstić information content (AvgIpc) is 3.24. The van der Waals surface area contributed by atoms with Gasteiger partial charge in [0.1, 0.15) is 0 Å². The standard InChI is InChI=1S/C20H19N5OS/c1-12-8-4-7-11-17(12)25-20(22-23-24-25)27-14(3)19(26)18-13(2)21-16-10-6-5-9-15(16)18/h4-11,14,21H,1-3H3/t14-/m1/s1. The van der Waals surface area contributed by atoms with E-state index >= 15 is 0 Å². The smallest absolute Gasteiger partial charge is 0.214 e. The third kappa shape index (κ3) is 3.14. The van der Waals surface area contributed by atoms with Crippen molar-refractivity contribution in [1.29, 1.82) is 0 Å². The molecular weight excluding hydrogens is 358 g/mol. The molecule has 0 amide bonds. The van der Waals surface area contributed by atoms with Gasteiger partial charge in [-0.05, 0) is 48.9 Å². The van der Waals surface area contributed by atoms with Crippen LogP contribution in [0.15, 0.2) is 53.7 Å². The van der Waals surface area contributed by atoms with E-state index in [0.717, 1.165) is 33.4 Å². The summed E-state index contributed by atoms with van der Waals surface area (Å²) in [7, 11) is 0. The summed E-state index contributed by atoms with van der Waals surface area (Å²) in [5.74, 6) is 0.0642. The Balaban J connectivity index is 1.65. The lowest BCUT2D eigenvalue weighted by Crippen LogP contribution is -2.15. The van der Waals surface area contributed by atoms with Crippen LogP contribution in [-0.2, 0) is 0 Å². The fourth-order valence-electron chi connectivity index (χ4n) is 3.21. The number of hydrogen-bond donors (Lipinski definition) is 1. The summed E-state index contributed by atoms with van der Waals surface area (Å²) in [5.41, 5.74) is 4.57. The molecule has 6 nitrogen and oxygen atoms in total. The topological polar surface area (TPSA) is 76.5 Å². The maximum absolute atomic E-state index is 13.2. The van der Waals surface area contributed by atoms with Crippen molar-refractivity contribution in [2.24, 2.45) is 0 Å². The van der Waals surface area contributed by atoms with Crippen LogP contribution in [0.25, 0.3) is 16.6 Å². The first-order chi connectivity index (χ1) is 13.1. The van der Waals surface area contributed by atoms with E-state index < -0.39 is 0 Å². The number of carbonyl (C=O) groups is 1. The molecule has 0 aliphatic rings. The lowest BCUT2D eigenvalue weighted by Gasteiger charge is -2.11. The van der Waals surface area contributed by atoms with Crippen LogP contribution in [0.5, 0.6) is 0 Å². The molecule has 2 heterocycles. The van der Waals surface area contributed by atoms with Crippen molar-refractivity contribution in [3.05, 3.63) is 65.4 Å². The molecule has 2 aromatic heterocycles. The van der Waals surface area contributed by atoms with E-state index in [9.17, 15) is 4.79 Å². The highest BCUT2D eigenvalue weighted by Crippen LogP contribution is 2.30. The van der Waals surface area contributed by atoms with Gasteiger partial charge in [-0.25, -0.2) is 0 Å². The van der Waals surface area contributed by atoms with Crippen LogP contribution in [0, 0.1) is 13.8 Å². The predicted molar refractivity (Wildman–Crippen MR) is 107 cm³/mol. The highest BCUT2D eigenvalue weighted by molar-refractivity contribution is 8.00. The van der Waals surface area contributed by atoms with Crippen LogP contribution < -0.4 is 0 Å². The van der Waals surface area contributed by atoms with Gasteiger partial charge in [0, 0.05) is 22.2 Å². The highest BCUT2D eigenvalue weighted by Gasteiger charge is 2.24. The van der Waals surface area contributed by atoms with Crippen LogP contribution in [0.3, 0.4) is 0 Å². The van der Waals surface area contributed by atoms with Crippen LogP contribution in [0.4, 0.5) is 0 Å². The maximum Gasteiger partial charge on any atom is 0.214 e. The fourth-order valence-corrected chi connectivity index (χ4v) is 4.07. The van der Waals surface area contributed by atoms with E-state index in [1.165, 1.54) is 11.8 Å².